The van der Waals surface area contributed by atoms with Crippen LogP contribution in [0.25, 0.3) is 0 Å². The number of rotatable bonds is 32. The fourth-order valence-electron chi connectivity index (χ4n) is 5.21. The van der Waals surface area contributed by atoms with Crippen LogP contribution in [-0.2, 0) is 28.6 Å². The summed E-state index contributed by atoms with van der Waals surface area (Å²) < 4.78 is 16.4. The number of hydrogen-bond donors (Lipinski definition) is 0. The Bertz CT molecular complexity index is 647. The average Bonchev–Trinajstić information content (AvgIpc) is 2.98. The van der Waals surface area contributed by atoms with Crippen molar-refractivity contribution in [1.29, 1.82) is 0 Å². The van der Waals surface area contributed by atoms with Crippen molar-refractivity contribution >= 4 is 17.9 Å². The minimum Gasteiger partial charge on any atom is -0.462 e. The molecule has 0 saturated carbocycles. The lowest BCUT2D eigenvalue weighted by molar-refractivity contribution is -0.167. The van der Waals surface area contributed by atoms with Crippen LogP contribution < -0.4 is 0 Å². The Morgan fingerprint density at radius 3 is 1.14 bits per heavy atom. The number of ether oxygens (including phenoxy) is 3. The fourth-order valence-corrected chi connectivity index (χ4v) is 5.21. The SMILES string of the molecule is CCCCCCCCCC(=O)OC[C@@H](COC(=O)CCCCCCCCCCCCC(C)C)OC(=O)CCCCCCC. The summed E-state index contributed by atoms with van der Waals surface area (Å²) in [5.41, 5.74) is 0. The van der Waals surface area contributed by atoms with Gasteiger partial charge in [0.15, 0.2) is 6.10 Å². The molecule has 6 nitrogen and oxygen atoms in total. The zero-order chi connectivity index (χ0) is 31.8. The quantitative estimate of drug-likeness (QED) is 0.0428. The fraction of sp³-hybridized carbons (Fsp3) is 0.919. The number of hydrogen-bond acceptors (Lipinski definition) is 6. The molecule has 0 aliphatic rings. The van der Waals surface area contributed by atoms with E-state index in [4.69, 9.17) is 14.2 Å². The van der Waals surface area contributed by atoms with E-state index in [1.54, 1.807) is 0 Å². The van der Waals surface area contributed by atoms with E-state index in [1.165, 1.54) is 83.5 Å². The summed E-state index contributed by atoms with van der Waals surface area (Å²) in [4.78, 5) is 37.0. The zero-order valence-corrected chi connectivity index (χ0v) is 28.9. The molecule has 0 N–H and O–H groups in total. The van der Waals surface area contributed by atoms with Gasteiger partial charge >= 0.3 is 17.9 Å². The molecule has 0 rings (SSSR count). The zero-order valence-electron chi connectivity index (χ0n) is 28.9. The Balaban J connectivity index is 4.21. The summed E-state index contributed by atoms with van der Waals surface area (Å²) in [6.45, 7) is 8.82. The average molecular weight is 611 g/mol. The molecule has 0 fully saturated rings. The summed E-state index contributed by atoms with van der Waals surface area (Å²) >= 11 is 0. The molecule has 0 unspecified atom stereocenters. The van der Waals surface area contributed by atoms with Crippen molar-refractivity contribution in [2.75, 3.05) is 13.2 Å². The molecule has 254 valence electrons. The van der Waals surface area contributed by atoms with Crippen molar-refractivity contribution in [3.63, 3.8) is 0 Å². The molecule has 0 aliphatic heterocycles. The van der Waals surface area contributed by atoms with E-state index in [9.17, 15) is 14.4 Å². The van der Waals surface area contributed by atoms with Crippen LogP contribution in [0.3, 0.4) is 0 Å². The predicted molar refractivity (Wildman–Crippen MR) is 178 cm³/mol. The van der Waals surface area contributed by atoms with Crippen LogP contribution in [0, 0.1) is 5.92 Å². The third-order valence-corrected chi connectivity index (χ3v) is 8.04. The summed E-state index contributed by atoms with van der Waals surface area (Å²) in [5, 5.41) is 0. The normalized spacial score (nSPS) is 11.9. The van der Waals surface area contributed by atoms with Crippen LogP contribution >= 0.6 is 0 Å². The van der Waals surface area contributed by atoms with E-state index >= 15 is 0 Å². The van der Waals surface area contributed by atoms with Gasteiger partial charge in [-0.05, 0) is 25.2 Å². The second kappa shape index (κ2) is 31.8. The molecule has 1 atom stereocenters. The maximum Gasteiger partial charge on any atom is 0.306 e. The Labute approximate surface area is 266 Å². The van der Waals surface area contributed by atoms with Crippen LogP contribution in [0.1, 0.15) is 195 Å². The Morgan fingerprint density at radius 2 is 0.767 bits per heavy atom. The topological polar surface area (TPSA) is 78.9 Å². The highest BCUT2D eigenvalue weighted by Gasteiger charge is 2.19. The smallest absolute Gasteiger partial charge is 0.306 e. The molecule has 0 aromatic rings. The van der Waals surface area contributed by atoms with Crippen LogP contribution in [-0.4, -0.2) is 37.2 Å². The minimum absolute atomic E-state index is 0.0672. The first-order valence-electron chi connectivity index (χ1n) is 18.4. The highest BCUT2D eigenvalue weighted by Crippen LogP contribution is 2.15. The highest BCUT2D eigenvalue weighted by atomic mass is 16.6. The van der Waals surface area contributed by atoms with Crippen LogP contribution in [0.2, 0.25) is 0 Å². The summed E-state index contributed by atoms with van der Waals surface area (Å²) in [6, 6.07) is 0. The number of carbonyl (C=O) groups is 3. The molecule has 0 bridgehead atoms. The summed E-state index contributed by atoms with van der Waals surface area (Å²) in [7, 11) is 0. The lowest BCUT2D eigenvalue weighted by atomic mass is 10.0. The van der Waals surface area contributed by atoms with E-state index < -0.39 is 6.10 Å². The highest BCUT2D eigenvalue weighted by molar-refractivity contribution is 5.71. The minimum atomic E-state index is -0.754. The second-order valence-electron chi connectivity index (χ2n) is 13.0. The number of carbonyl (C=O) groups excluding carboxylic acids is 3. The molecular weight excluding hydrogens is 540 g/mol. The Kier molecular flexibility index (Phi) is 30.6. The van der Waals surface area contributed by atoms with Gasteiger partial charge in [0, 0.05) is 19.3 Å². The lowest BCUT2D eigenvalue weighted by Gasteiger charge is -2.18. The van der Waals surface area contributed by atoms with Gasteiger partial charge in [0.05, 0.1) is 0 Å². The molecule has 0 aromatic carbocycles. The molecule has 0 amide bonds. The van der Waals surface area contributed by atoms with Crippen molar-refractivity contribution < 1.29 is 28.6 Å². The van der Waals surface area contributed by atoms with E-state index in [2.05, 4.69) is 27.7 Å². The van der Waals surface area contributed by atoms with Crippen molar-refractivity contribution in [3.8, 4) is 0 Å². The first kappa shape index (κ1) is 41.4. The lowest BCUT2D eigenvalue weighted by Crippen LogP contribution is -2.30. The van der Waals surface area contributed by atoms with Gasteiger partial charge in [-0.25, -0.2) is 0 Å². The van der Waals surface area contributed by atoms with Gasteiger partial charge in [0.2, 0.25) is 0 Å². The van der Waals surface area contributed by atoms with Crippen molar-refractivity contribution in [1.82, 2.24) is 0 Å². The van der Waals surface area contributed by atoms with Gasteiger partial charge in [-0.15, -0.1) is 0 Å². The van der Waals surface area contributed by atoms with Gasteiger partial charge in [-0.2, -0.15) is 0 Å². The maximum absolute atomic E-state index is 12.4. The van der Waals surface area contributed by atoms with Gasteiger partial charge in [-0.3, -0.25) is 14.4 Å². The molecule has 0 radical (unpaired) electrons. The van der Waals surface area contributed by atoms with Crippen LogP contribution in [0.4, 0.5) is 0 Å². The summed E-state index contributed by atoms with van der Waals surface area (Å²) in [6.07, 6.45) is 27.0. The second-order valence-corrected chi connectivity index (χ2v) is 13.0. The molecular formula is C37H70O6. The van der Waals surface area contributed by atoms with E-state index in [0.717, 1.165) is 70.1 Å². The van der Waals surface area contributed by atoms with Crippen molar-refractivity contribution in [2.45, 2.75) is 201 Å². The van der Waals surface area contributed by atoms with Gasteiger partial charge in [0.1, 0.15) is 13.2 Å². The van der Waals surface area contributed by atoms with Crippen molar-refractivity contribution in [3.05, 3.63) is 0 Å². The van der Waals surface area contributed by atoms with Gasteiger partial charge in [0.25, 0.3) is 0 Å². The predicted octanol–water partition coefficient (Wildman–Crippen LogP) is 10.8. The molecule has 0 heterocycles. The van der Waals surface area contributed by atoms with E-state index in [-0.39, 0.29) is 31.1 Å². The molecule has 0 aromatic heterocycles. The molecule has 0 spiro atoms. The van der Waals surface area contributed by atoms with Crippen LogP contribution in [0.15, 0.2) is 0 Å². The monoisotopic (exact) mass is 611 g/mol. The molecule has 0 aliphatic carbocycles. The first-order valence-corrected chi connectivity index (χ1v) is 18.4. The Morgan fingerprint density at radius 1 is 0.442 bits per heavy atom. The van der Waals surface area contributed by atoms with Crippen molar-refractivity contribution in [2.24, 2.45) is 5.92 Å². The third-order valence-electron chi connectivity index (χ3n) is 8.04. The van der Waals surface area contributed by atoms with Crippen LogP contribution in [0.5, 0.6) is 0 Å². The molecule has 6 heteroatoms. The number of unbranched alkanes of at least 4 members (excludes halogenated alkanes) is 19. The van der Waals surface area contributed by atoms with E-state index in [1.807, 2.05) is 0 Å². The maximum atomic E-state index is 12.4. The first-order chi connectivity index (χ1) is 20.9. The summed E-state index contributed by atoms with van der Waals surface area (Å²) in [5.74, 6) is -0.0699. The standard InChI is InChI=1S/C37H70O6/c1-5-7-9-11-16-21-24-28-35(38)41-31-34(43-37(40)30-26-19-10-8-6-2)32-42-36(39)29-25-22-18-15-13-12-14-17-20-23-27-33(3)4/h33-34H,5-32H2,1-4H3/t34-/m0/s1. The van der Waals surface area contributed by atoms with E-state index in [0.29, 0.717) is 19.3 Å². The third kappa shape index (κ3) is 31.6. The number of esters is 3. The molecule has 43 heavy (non-hydrogen) atoms. The molecule has 0 saturated heterocycles. The Hall–Kier alpha value is -1.59. The largest absolute Gasteiger partial charge is 0.462 e. The van der Waals surface area contributed by atoms with Gasteiger partial charge in [-0.1, -0.05) is 156 Å². The van der Waals surface area contributed by atoms with Gasteiger partial charge < -0.3 is 14.2 Å².